The zero-order valence-corrected chi connectivity index (χ0v) is 27.6. The van der Waals surface area contributed by atoms with Crippen LogP contribution in [-0.4, -0.2) is 14.5 Å². The van der Waals surface area contributed by atoms with Crippen molar-refractivity contribution < 1.29 is 0 Å². The summed E-state index contributed by atoms with van der Waals surface area (Å²) in [4.78, 5) is 10.2. The molecule has 0 saturated heterocycles. The van der Waals surface area contributed by atoms with E-state index in [1.165, 1.54) is 21.8 Å². The third-order valence-corrected chi connectivity index (χ3v) is 9.44. The quantitative estimate of drug-likeness (QED) is 0.180. The molecule has 9 rings (SSSR count). The molecule has 0 saturated carbocycles. The topological polar surface area (TPSA) is 54.5 Å². The molecule has 4 nitrogen and oxygen atoms in total. The maximum Gasteiger partial charge on any atom is 0.160 e. The van der Waals surface area contributed by atoms with Gasteiger partial charge in [0.15, 0.2) is 5.82 Å². The first-order valence-corrected chi connectivity index (χ1v) is 17.0. The van der Waals surface area contributed by atoms with E-state index in [9.17, 15) is 5.26 Å². The summed E-state index contributed by atoms with van der Waals surface area (Å²) in [5, 5.41) is 12.0. The average Bonchev–Trinajstić information content (AvgIpc) is 3.55. The zero-order chi connectivity index (χ0) is 34.1. The number of benzene rings is 7. The standard InChI is InChI=1S/C47H30N4/c48-31-32-19-21-33(22-20-32)37-27-38(34-23-25-40(26-24-34)51-45-17-9-7-15-41(45)42-16-8-10-18-46(42)51)29-39(28-37)44-30-43(35-11-3-1-4-12-35)49-47(50-44)36-13-5-2-6-14-36/h1-30H. The lowest BCUT2D eigenvalue weighted by molar-refractivity contribution is 1.18. The van der Waals surface area contributed by atoms with Crippen LogP contribution >= 0.6 is 0 Å². The monoisotopic (exact) mass is 650 g/mol. The van der Waals surface area contributed by atoms with Crippen LogP contribution in [0.5, 0.6) is 0 Å². The number of hydrogen-bond acceptors (Lipinski definition) is 3. The number of hydrogen-bond donors (Lipinski definition) is 0. The molecule has 0 aliphatic heterocycles. The molecule has 238 valence electrons. The van der Waals surface area contributed by atoms with Crippen molar-refractivity contribution in [1.29, 1.82) is 5.26 Å². The molecule has 0 unspecified atom stereocenters. The van der Waals surface area contributed by atoms with Crippen LogP contribution < -0.4 is 0 Å². The Kier molecular flexibility index (Phi) is 7.50. The van der Waals surface area contributed by atoms with E-state index < -0.39 is 0 Å². The van der Waals surface area contributed by atoms with Crippen LogP contribution in [0, 0.1) is 11.3 Å². The molecular weight excluding hydrogens is 621 g/mol. The van der Waals surface area contributed by atoms with Crippen LogP contribution in [-0.2, 0) is 0 Å². The van der Waals surface area contributed by atoms with Crippen LogP contribution in [0.1, 0.15) is 5.56 Å². The van der Waals surface area contributed by atoms with E-state index in [0.717, 1.165) is 56.0 Å². The molecule has 51 heavy (non-hydrogen) atoms. The molecule has 0 spiro atoms. The van der Waals surface area contributed by atoms with E-state index in [-0.39, 0.29) is 0 Å². The van der Waals surface area contributed by atoms with Gasteiger partial charge in [0.1, 0.15) is 0 Å². The number of para-hydroxylation sites is 2. The van der Waals surface area contributed by atoms with Gasteiger partial charge in [0.2, 0.25) is 0 Å². The minimum atomic E-state index is 0.631. The van der Waals surface area contributed by atoms with Gasteiger partial charge in [-0.2, -0.15) is 5.26 Å². The van der Waals surface area contributed by atoms with Gasteiger partial charge in [0, 0.05) is 33.2 Å². The first kappa shape index (κ1) is 30.0. The summed E-state index contributed by atoms with van der Waals surface area (Å²) in [7, 11) is 0. The van der Waals surface area contributed by atoms with Gasteiger partial charge in [-0.05, 0) is 82.9 Å². The lowest BCUT2D eigenvalue weighted by Crippen LogP contribution is -1.96. The molecule has 0 atom stereocenters. The summed E-state index contributed by atoms with van der Waals surface area (Å²) in [5.74, 6) is 0.674. The number of aromatic nitrogens is 3. The van der Waals surface area contributed by atoms with Crippen LogP contribution in [0.2, 0.25) is 0 Å². The second-order valence-electron chi connectivity index (χ2n) is 12.6. The number of rotatable bonds is 6. The fraction of sp³-hybridized carbons (Fsp3) is 0. The molecule has 0 fully saturated rings. The number of nitriles is 1. The van der Waals surface area contributed by atoms with E-state index >= 15 is 0 Å². The van der Waals surface area contributed by atoms with E-state index in [2.05, 4.69) is 120 Å². The van der Waals surface area contributed by atoms with Crippen molar-refractivity contribution in [3.63, 3.8) is 0 Å². The van der Waals surface area contributed by atoms with Gasteiger partial charge in [0.05, 0.1) is 34.1 Å². The van der Waals surface area contributed by atoms with E-state index in [4.69, 9.17) is 9.97 Å². The third-order valence-electron chi connectivity index (χ3n) is 9.44. The minimum absolute atomic E-state index is 0.631. The first-order valence-electron chi connectivity index (χ1n) is 17.0. The Bertz CT molecular complexity index is 2610. The Labute approximate surface area is 296 Å². The maximum atomic E-state index is 9.47. The largest absolute Gasteiger partial charge is 0.309 e. The second kappa shape index (κ2) is 12.7. The molecule has 2 heterocycles. The zero-order valence-electron chi connectivity index (χ0n) is 27.6. The average molecular weight is 651 g/mol. The maximum absolute atomic E-state index is 9.47. The predicted molar refractivity (Wildman–Crippen MR) is 208 cm³/mol. The first-order chi connectivity index (χ1) is 25.2. The molecule has 0 bridgehead atoms. The summed E-state index contributed by atoms with van der Waals surface area (Å²) in [6.45, 7) is 0. The Morgan fingerprint density at radius 3 is 1.43 bits per heavy atom. The van der Waals surface area contributed by atoms with Crippen molar-refractivity contribution in [1.82, 2.24) is 14.5 Å². The molecule has 0 aliphatic rings. The summed E-state index contributed by atoms with van der Waals surface area (Å²) in [6.07, 6.45) is 0. The third kappa shape index (κ3) is 5.63. The Balaban J connectivity index is 1.21. The van der Waals surface area contributed by atoms with E-state index in [1.54, 1.807) is 0 Å². The van der Waals surface area contributed by atoms with Gasteiger partial charge in [-0.15, -0.1) is 0 Å². The molecule has 0 radical (unpaired) electrons. The van der Waals surface area contributed by atoms with Crippen LogP contribution in [0.25, 0.3) is 83.6 Å². The molecule has 7 aromatic carbocycles. The van der Waals surface area contributed by atoms with Crippen molar-refractivity contribution in [3.05, 3.63) is 188 Å². The lowest BCUT2D eigenvalue weighted by Gasteiger charge is -2.14. The highest BCUT2D eigenvalue weighted by atomic mass is 15.0. The van der Waals surface area contributed by atoms with E-state index in [1.807, 2.05) is 72.8 Å². The van der Waals surface area contributed by atoms with Crippen LogP contribution in [0.3, 0.4) is 0 Å². The fourth-order valence-corrected chi connectivity index (χ4v) is 6.92. The summed E-state index contributed by atoms with van der Waals surface area (Å²) >= 11 is 0. The molecule has 2 aromatic heterocycles. The Morgan fingerprint density at radius 1 is 0.392 bits per heavy atom. The van der Waals surface area contributed by atoms with E-state index in [0.29, 0.717) is 11.4 Å². The predicted octanol–water partition coefficient (Wildman–Crippen LogP) is 11.8. The van der Waals surface area contributed by atoms with Crippen LogP contribution in [0.15, 0.2) is 182 Å². The van der Waals surface area contributed by atoms with Crippen molar-refractivity contribution in [2.45, 2.75) is 0 Å². The molecule has 9 aromatic rings. The highest BCUT2D eigenvalue weighted by molar-refractivity contribution is 6.09. The highest BCUT2D eigenvalue weighted by Crippen LogP contribution is 2.36. The number of fused-ring (bicyclic) bond motifs is 3. The number of nitrogens with zero attached hydrogens (tertiary/aromatic N) is 4. The van der Waals surface area contributed by atoms with Crippen LogP contribution in [0.4, 0.5) is 0 Å². The SMILES string of the molecule is N#Cc1ccc(-c2cc(-c3ccc(-n4c5ccccc5c5ccccc54)cc3)cc(-c3cc(-c4ccccc4)nc(-c4ccccc4)n3)c2)cc1. The van der Waals surface area contributed by atoms with Gasteiger partial charge < -0.3 is 4.57 Å². The highest BCUT2D eigenvalue weighted by Gasteiger charge is 2.15. The molecule has 4 heteroatoms. The normalized spacial score (nSPS) is 11.1. The Morgan fingerprint density at radius 2 is 0.863 bits per heavy atom. The second-order valence-corrected chi connectivity index (χ2v) is 12.6. The van der Waals surface area contributed by atoms with Gasteiger partial charge >= 0.3 is 0 Å². The van der Waals surface area contributed by atoms with Crippen molar-refractivity contribution >= 4 is 21.8 Å². The van der Waals surface area contributed by atoms with Gasteiger partial charge in [0.25, 0.3) is 0 Å². The summed E-state index contributed by atoms with van der Waals surface area (Å²) in [6, 6.07) is 65.0. The van der Waals surface area contributed by atoms with Crippen molar-refractivity contribution in [2.75, 3.05) is 0 Å². The fourth-order valence-electron chi connectivity index (χ4n) is 6.92. The molecule has 0 aliphatic carbocycles. The van der Waals surface area contributed by atoms with Crippen molar-refractivity contribution in [3.8, 4) is 67.9 Å². The summed E-state index contributed by atoms with van der Waals surface area (Å²) < 4.78 is 2.34. The molecular formula is C47H30N4. The van der Waals surface area contributed by atoms with Gasteiger partial charge in [-0.25, -0.2) is 9.97 Å². The van der Waals surface area contributed by atoms with Gasteiger partial charge in [-0.3, -0.25) is 0 Å². The lowest BCUT2D eigenvalue weighted by atomic mass is 9.94. The van der Waals surface area contributed by atoms with Gasteiger partial charge in [-0.1, -0.05) is 121 Å². The molecule has 0 amide bonds. The molecule has 0 N–H and O–H groups in total. The summed E-state index contributed by atoms with van der Waals surface area (Å²) in [5.41, 5.74) is 13.0. The van der Waals surface area contributed by atoms with Crippen molar-refractivity contribution in [2.24, 2.45) is 0 Å². The minimum Gasteiger partial charge on any atom is -0.309 e. The Hall–Kier alpha value is -7.09. The smallest absolute Gasteiger partial charge is 0.160 e.